The maximum Gasteiger partial charge on any atom is 0.236 e. The number of halogens is 1. The second-order valence-electron chi connectivity index (χ2n) is 4.57. The van der Waals surface area contributed by atoms with E-state index in [1.165, 1.54) is 5.56 Å². The van der Waals surface area contributed by atoms with Gasteiger partial charge in [-0.05, 0) is 36.7 Å². The number of rotatable bonds is 4. The summed E-state index contributed by atoms with van der Waals surface area (Å²) in [4.78, 5) is 13.8. The lowest BCUT2D eigenvalue weighted by Crippen LogP contribution is -2.40. The van der Waals surface area contributed by atoms with Gasteiger partial charge in [0.2, 0.25) is 5.91 Å². The van der Waals surface area contributed by atoms with E-state index in [4.69, 9.17) is 9.47 Å². The number of methoxy groups -OCH3 is 2. The Morgan fingerprint density at radius 1 is 1.25 bits per heavy atom. The van der Waals surface area contributed by atoms with Crippen LogP contribution in [0.4, 0.5) is 0 Å². The Morgan fingerprint density at radius 2 is 1.85 bits per heavy atom. The number of likely N-dealkylation sites (N-methyl/N-ethyl adjacent to an activating group) is 1. The number of amides is 1. The minimum Gasteiger partial charge on any atom is -0.493 e. The first kappa shape index (κ1) is 16.6. The van der Waals surface area contributed by atoms with Gasteiger partial charge < -0.3 is 19.7 Å². The third-order valence-electron chi connectivity index (χ3n) is 3.40. The summed E-state index contributed by atoms with van der Waals surface area (Å²) in [6.45, 7) is 1.77. The zero-order valence-electron chi connectivity index (χ0n) is 12.1. The molecule has 0 fully saturated rings. The number of carbonyl (C=O) groups excluding carboxylic acids is 1. The van der Waals surface area contributed by atoms with Crippen molar-refractivity contribution >= 4 is 18.3 Å². The van der Waals surface area contributed by atoms with Gasteiger partial charge in [-0.3, -0.25) is 4.79 Å². The highest BCUT2D eigenvalue weighted by atomic mass is 35.5. The van der Waals surface area contributed by atoms with E-state index in [0.29, 0.717) is 18.8 Å². The summed E-state index contributed by atoms with van der Waals surface area (Å²) in [7, 11) is 5.04. The molecule has 0 spiro atoms. The molecule has 0 radical (unpaired) electrons. The highest BCUT2D eigenvalue weighted by Crippen LogP contribution is 2.33. The average molecular weight is 301 g/mol. The first-order chi connectivity index (χ1) is 9.19. The average Bonchev–Trinajstić information content (AvgIpc) is 2.45. The molecule has 0 unspecified atom stereocenters. The summed E-state index contributed by atoms with van der Waals surface area (Å²) in [5.74, 6) is 1.59. The van der Waals surface area contributed by atoms with Crippen molar-refractivity contribution in [3.63, 3.8) is 0 Å². The van der Waals surface area contributed by atoms with Crippen molar-refractivity contribution in [3.8, 4) is 11.5 Å². The Labute approximate surface area is 125 Å². The molecule has 0 saturated carbocycles. The largest absolute Gasteiger partial charge is 0.493 e. The van der Waals surface area contributed by atoms with E-state index in [-0.39, 0.29) is 18.3 Å². The number of fused-ring (bicyclic) bond motifs is 1. The van der Waals surface area contributed by atoms with E-state index < -0.39 is 0 Å². The molecule has 0 saturated heterocycles. The van der Waals surface area contributed by atoms with Gasteiger partial charge in [-0.2, -0.15) is 0 Å². The monoisotopic (exact) mass is 300 g/mol. The molecule has 2 rings (SSSR count). The van der Waals surface area contributed by atoms with Crippen LogP contribution in [0.15, 0.2) is 12.1 Å². The Morgan fingerprint density at radius 3 is 2.40 bits per heavy atom. The van der Waals surface area contributed by atoms with E-state index in [1.807, 2.05) is 17.0 Å². The molecule has 1 aliphatic rings. The minimum atomic E-state index is 0. The number of benzene rings is 1. The van der Waals surface area contributed by atoms with Crippen LogP contribution >= 0.6 is 12.4 Å². The molecule has 0 aliphatic carbocycles. The highest BCUT2D eigenvalue weighted by Gasteiger charge is 2.22. The summed E-state index contributed by atoms with van der Waals surface area (Å²) >= 11 is 0. The number of ether oxygens (including phenoxy) is 2. The van der Waals surface area contributed by atoms with Crippen molar-refractivity contribution in [1.82, 2.24) is 10.2 Å². The lowest BCUT2D eigenvalue weighted by molar-refractivity contribution is -0.131. The van der Waals surface area contributed by atoms with Crippen molar-refractivity contribution in [2.75, 3.05) is 34.4 Å². The fraction of sp³-hybridized carbons (Fsp3) is 0.500. The summed E-state index contributed by atoms with van der Waals surface area (Å²) < 4.78 is 10.6. The molecule has 20 heavy (non-hydrogen) atoms. The van der Waals surface area contributed by atoms with Crippen LogP contribution in [0.1, 0.15) is 11.1 Å². The molecule has 1 aromatic rings. The Bertz CT molecular complexity index is 480. The molecule has 1 heterocycles. The maximum absolute atomic E-state index is 11.9. The topological polar surface area (TPSA) is 50.8 Å². The molecule has 112 valence electrons. The lowest BCUT2D eigenvalue weighted by Gasteiger charge is -2.29. The molecule has 0 aromatic heterocycles. The van der Waals surface area contributed by atoms with Crippen LogP contribution in [0.5, 0.6) is 11.5 Å². The van der Waals surface area contributed by atoms with E-state index in [1.54, 1.807) is 21.3 Å². The zero-order chi connectivity index (χ0) is 13.8. The van der Waals surface area contributed by atoms with Crippen LogP contribution in [-0.2, 0) is 17.8 Å². The molecular formula is C14H21ClN2O3. The van der Waals surface area contributed by atoms with Gasteiger partial charge in [0.15, 0.2) is 11.5 Å². The van der Waals surface area contributed by atoms with Crippen LogP contribution in [0.25, 0.3) is 0 Å². The summed E-state index contributed by atoms with van der Waals surface area (Å²) in [5.41, 5.74) is 2.36. The van der Waals surface area contributed by atoms with Gasteiger partial charge in [0.05, 0.1) is 20.8 Å². The van der Waals surface area contributed by atoms with Crippen LogP contribution < -0.4 is 14.8 Å². The Balaban J connectivity index is 0.00000200. The van der Waals surface area contributed by atoms with Crippen LogP contribution in [0, 0.1) is 0 Å². The fourth-order valence-electron chi connectivity index (χ4n) is 2.36. The van der Waals surface area contributed by atoms with Crippen molar-refractivity contribution < 1.29 is 14.3 Å². The Hall–Kier alpha value is -1.46. The number of nitrogens with zero attached hydrogens (tertiary/aromatic N) is 1. The minimum absolute atomic E-state index is 0. The molecule has 1 aromatic carbocycles. The molecule has 1 aliphatic heterocycles. The normalized spacial score (nSPS) is 13.2. The summed E-state index contributed by atoms with van der Waals surface area (Å²) in [6.07, 6.45) is 0.852. The predicted molar refractivity (Wildman–Crippen MR) is 79.8 cm³/mol. The predicted octanol–water partition coefficient (Wildman–Crippen LogP) is 1.23. The van der Waals surface area contributed by atoms with Gasteiger partial charge >= 0.3 is 0 Å². The zero-order valence-corrected chi connectivity index (χ0v) is 12.9. The van der Waals surface area contributed by atoms with Crippen molar-refractivity contribution in [2.45, 2.75) is 13.0 Å². The van der Waals surface area contributed by atoms with Gasteiger partial charge in [0, 0.05) is 13.1 Å². The van der Waals surface area contributed by atoms with E-state index >= 15 is 0 Å². The third-order valence-corrected chi connectivity index (χ3v) is 3.40. The number of nitrogens with one attached hydrogen (secondary N) is 1. The SMILES string of the molecule is CNCC(=O)N1CCc2cc(OC)c(OC)cc2C1.Cl. The highest BCUT2D eigenvalue weighted by molar-refractivity contribution is 5.85. The smallest absolute Gasteiger partial charge is 0.236 e. The van der Waals surface area contributed by atoms with Gasteiger partial charge in [-0.15, -0.1) is 12.4 Å². The van der Waals surface area contributed by atoms with Crippen LogP contribution in [-0.4, -0.2) is 45.2 Å². The number of carbonyl (C=O) groups is 1. The molecular weight excluding hydrogens is 280 g/mol. The summed E-state index contributed by atoms with van der Waals surface area (Å²) in [5, 5.41) is 2.89. The number of hydrogen-bond donors (Lipinski definition) is 1. The second kappa shape index (κ2) is 7.36. The molecule has 0 bridgehead atoms. The maximum atomic E-state index is 11.9. The van der Waals surface area contributed by atoms with E-state index in [9.17, 15) is 4.79 Å². The van der Waals surface area contributed by atoms with Gasteiger partial charge in [0.25, 0.3) is 0 Å². The van der Waals surface area contributed by atoms with Crippen molar-refractivity contribution in [3.05, 3.63) is 23.3 Å². The first-order valence-electron chi connectivity index (χ1n) is 6.35. The van der Waals surface area contributed by atoms with E-state index in [2.05, 4.69) is 5.32 Å². The quantitative estimate of drug-likeness (QED) is 0.909. The van der Waals surface area contributed by atoms with Crippen molar-refractivity contribution in [1.29, 1.82) is 0 Å². The molecule has 1 amide bonds. The van der Waals surface area contributed by atoms with Crippen molar-refractivity contribution in [2.24, 2.45) is 0 Å². The van der Waals surface area contributed by atoms with Gasteiger partial charge in [0.1, 0.15) is 0 Å². The standard InChI is InChI=1S/C14H20N2O3.ClH/c1-15-8-14(17)16-5-4-10-6-12(18-2)13(19-3)7-11(10)9-16;/h6-7,15H,4-5,8-9H2,1-3H3;1H. The Kier molecular flexibility index (Phi) is 6.10. The second-order valence-corrected chi connectivity index (χ2v) is 4.57. The van der Waals surface area contributed by atoms with Crippen LogP contribution in [0.3, 0.4) is 0 Å². The third kappa shape index (κ3) is 3.35. The summed E-state index contributed by atoms with van der Waals surface area (Å²) in [6, 6.07) is 3.97. The molecule has 5 nitrogen and oxygen atoms in total. The molecule has 6 heteroatoms. The van der Waals surface area contributed by atoms with Crippen LogP contribution in [0.2, 0.25) is 0 Å². The lowest BCUT2D eigenvalue weighted by atomic mass is 9.98. The van der Waals surface area contributed by atoms with Gasteiger partial charge in [-0.25, -0.2) is 0 Å². The number of hydrogen-bond acceptors (Lipinski definition) is 4. The molecule has 1 N–H and O–H groups in total. The fourth-order valence-corrected chi connectivity index (χ4v) is 2.36. The first-order valence-corrected chi connectivity index (χ1v) is 6.35. The molecule has 0 atom stereocenters. The van der Waals surface area contributed by atoms with E-state index in [0.717, 1.165) is 24.3 Å². The van der Waals surface area contributed by atoms with Gasteiger partial charge in [-0.1, -0.05) is 0 Å².